The van der Waals surface area contributed by atoms with E-state index in [0.29, 0.717) is 26.8 Å². The third-order valence-corrected chi connectivity index (χ3v) is 5.41. The van der Waals surface area contributed by atoms with Crippen molar-refractivity contribution in [1.82, 2.24) is 14.9 Å². The molecule has 24 heavy (non-hydrogen) atoms. The molecule has 2 N–H and O–H groups in total. The number of aliphatic hydroxyl groups is 1. The number of benzene rings is 1. The van der Waals surface area contributed by atoms with Gasteiger partial charge in [0.05, 0.1) is 34.9 Å². The lowest BCUT2D eigenvalue weighted by Gasteiger charge is -2.28. The van der Waals surface area contributed by atoms with E-state index >= 15 is 0 Å². The van der Waals surface area contributed by atoms with Gasteiger partial charge in [-0.3, -0.25) is 14.2 Å². The molecule has 0 saturated carbocycles. The lowest BCUT2D eigenvalue weighted by Crippen LogP contribution is -2.46. The van der Waals surface area contributed by atoms with Crippen LogP contribution in [-0.2, 0) is 11.3 Å². The second kappa shape index (κ2) is 7.31. The number of halogens is 2. The van der Waals surface area contributed by atoms with Gasteiger partial charge in [-0.1, -0.05) is 11.6 Å². The van der Waals surface area contributed by atoms with E-state index < -0.39 is 6.10 Å². The molecule has 0 unspecified atom stereocenters. The number of Topliss-reactive ketones (excluding diaryl/α,β-unsaturated/α-hetero) is 1. The molecule has 3 rings (SSSR count). The van der Waals surface area contributed by atoms with Crippen molar-refractivity contribution in [2.24, 2.45) is 0 Å². The summed E-state index contributed by atoms with van der Waals surface area (Å²) < 4.78 is 1.94. The molecule has 0 amide bonds. The normalized spacial score (nSPS) is 21.1. The number of aliphatic hydroxyl groups excluding tert-OH is 1. The first-order chi connectivity index (χ1) is 11.5. The van der Waals surface area contributed by atoms with Gasteiger partial charge in [-0.25, -0.2) is 4.98 Å². The Morgan fingerprint density at radius 2 is 2.29 bits per heavy atom. The van der Waals surface area contributed by atoms with Crippen LogP contribution in [0.1, 0.15) is 19.3 Å². The summed E-state index contributed by atoms with van der Waals surface area (Å²) in [6.07, 6.45) is 2.62. The summed E-state index contributed by atoms with van der Waals surface area (Å²) in [5, 5.41) is 13.9. The average Bonchev–Trinajstić information content (AvgIpc) is 2.54. The smallest absolute Gasteiger partial charge is 0.261 e. The van der Waals surface area contributed by atoms with E-state index in [0.717, 1.165) is 13.0 Å². The van der Waals surface area contributed by atoms with Gasteiger partial charge in [0.1, 0.15) is 0 Å². The fraction of sp³-hybridized carbons (Fsp3) is 0.438. The van der Waals surface area contributed by atoms with Crippen molar-refractivity contribution < 1.29 is 9.90 Å². The lowest BCUT2D eigenvalue weighted by atomic mass is 9.97. The van der Waals surface area contributed by atoms with Gasteiger partial charge >= 0.3 is 0 Å². The summed E-state index contributed by atoms with van der Waals surface area (Å²) in [7, 11) is 0. The molecule has 1 saturated heterocycles. The van der Waals surface area contributed by atoms with Crippen molar-refractivity contribution >= 4 is 44.2 Å². The number of hydrogen-bond acceptors (Lipinski definition) is 5. The van der Waals surface area contributed by atoms with Gasteiger partial charge < -0.3 is 10.4 Å². The van der Waals surface area contributed by atoms with Crippen molar-refractivity contribution in [2.45, 2.75) is 38.0 Å². The number of hydrogen-bond donors (Lipinski definition) is 2. The van der Waals surface area contributed by atoms with Crippen LogP contribution < -0.4 is 10.9 Å². The summed E-state index contributed by atoms with van der Waals surface area (Å²) in [5.41, 5.74) is 0.212. The Morgan fingerprint density at radius 3 is 3.04 bits per heavy atom. The Morgan fingerprint density at radius 1 is 1.50 bits per heavy atom. The van der Waals surface area contributed by atoms with E-state index in [-0.39, 0.29) is 30.3 Å². The van der Waals surface area contributed by atoms with Gasteiger partial charge in [0.15, 0.2) is 5.78 Å². The van der Waals surface area contributed by atoms with Crippen molar-refractivity contribution in [3.8, 4) is 0 Å². The molecule has 8 heteroatoms. The lowest BCUT2D eigenvalue weighted by molar-refractivity contribution is -0.121. The van der Waals surface area contributed by atoms with Gasteiger partial charge in [-0.05, 0) is 47.4 Å². The maximum atomic E-state index is 12.5. The van der Waals surface area contributed by atoms with E-state index in [1.54, 1.807) is 12.1 Å². The maximum Gasteiger partial charge on any atom is 0.261 e. The SMILES string of the molecule is O=C(C[C@@H]1NCCC[C@H]1O)C[15n]1[13cH][15n]c2cc(Br)c(Cl)cc2c1=O. The van der Waals surface area contributed by atoms with Crippen LogP contribution in [0.4, 0.5) is 0 Å². The van der Waals surface area contributed by atoms with Crippen LogP contribution >= 0.6 is 27.5 Å². The highest BCUT2D eigenvalue weighted by Crippen LogP contribution is 2.25. The van der Waals surface area contributed by atoms with Crippen LogP contribution in [-0.4, -0.2) is 39.1 Å². The van der Waals surface area contributed by atoms with Crippen LogP contribution in [0.5, 0.6) is 0 Å². The third-order valence-electron chi connectivity index (χ3n) is 4.21. The Hall–Kier alpha value is -1.28. The fourth-order valence-corrected chi connectivity index (χ4v) is 3.40. The Balaban J connectivity index is 1.79. The van der Waals surface area contributed by atoms with Crippen LogP contribution in [0.2, 0.25) is 5.02 Å². The summed E-state index contributed by atoms with van der Waals surface area (Å²) in [6.45, 7) is 0.722. The molecule has 0 spiro atoms. The summed E-state index contributed by atoms with van der Waals surface area (Å²) in [5.74, 6) is -0.125. The Labute approximate surface area is 152 Å². The molecule has 0 aliphatic carbocycles. The third kappa shape index (κ3) is 3.69. The highest BCUT2D eigenvalue weighted by molar-refractivity contribution is 9.10. The number of ketones is 1. The number of aromatic nitrogens is 2. The molecule has 2 heterocycles. The molecule has 128 valence electrons. The number of carbonyl (C=O) groups excluding carboxylic acids is 1. The quantitative estimate of drug-likeness (QED) is 0.794. The molecule has 2 aromatic rings. The number of fused-ring (bicyclic) bond motifs is 1. The van der Waals surface area contributed by atoms with Crippen molar-refractivity contribution in [2.75, 3.05) is 6.54 Å². The Kier molecular flexibility index (Phi) is 5.34. The first-order valence-corrected chi connectivity index (χ1v) is 8.90. The van der Waals surface area contributed by atoms with Gasteiger partial charge in [0, 0.05) is 16.9 Å². The molecule has 1 aliphatic heterocycles. The number of nitrogens with zero attached hydrogens (tertiary/aromatic N) is 2. The molecular weight excluding hydrogens is 401 g/mol. The summed E-state index contributed by atoms with van der Waals surface area (Å²) >= 11 is 9.33. The molecule has 1 fully saturated rings. The predicted molar refractivity (Wildman–Crippen MR) is 95.4 cm³/mol. The standard InChI is InChI=1S/C16H17BrClN3O3/c17-11-6-13-10(5-12(11)18)16(24)21(8-20-13)7-9(22)4-14-15(23)2-1-3-19-14/h5-6,8,14-15,19,23H,1-4,7H2/t14-,15+/m0/s1/i8+1,20+1,21+1. The van der Waals surface area contributed by atoms with Crippen LogP contribution in [0.15, 0.2) is 27.7 Å². The minimum absolute atomic E-state index is 0.0691. The first-order valence-electron chi connectivity index (χ1n) is 7.73. The minimum Gasteiger partial charge on any atom is -0.391 e. The molecule has 0 radical (unpaired) electrons. The highest BCUT2D eigenvalue weighted by atomic mass is 79.9. The molecule has 1 aromatic heterocycles. The van der Waals surface area contributed by atoms with E-state index in [4.69, 9.17) is 11.6 Å². The van der Waals surface area contributed by atoms with Crippen molar-refractivity contribution in [3.63, 3.8) is 0 Å². The molecule has 6 nitrogen and oxygen atoms in total. The largest absolute Gasteiger partial charge is 0.391 e. The van der Waals surface area contributed by atoms with Crippen LogP contribution in [0, 0.1) is 0 Å². The fourth-order valence-electron chi connectivity index (χ4n) is 2.91. The van der Waals surface area contributed by atoms with E-state index in [2.05, 4.69) is 26.2 Å². The van der Waals surface area contributed by atoms with Gasteiger partial charge in [-0.15, -0.1) is 0 Å². The number of nitrogens with one attached hydrogen (secondary N) is 1. The summed E-state index contributed by atoms with van der Waals surface area (Å²) in [4.78, 5) is 29.0. The number of rotatable bonds is 4. The number of piperidine rings is 1. The van der Waals surface area contributed by atoms with E-state index in [9.17, 15) is 14.7 Å². The number of carbonyl (C=O) groups is 1. The van der Waals surface area contributed by atoms with Crippen molar-refractivity contribution in [3.05, 3.63) is 38.3 Å². The zero-order chi connectivity index (χ0) is 17.3. The first kappa shape index (κ1) is 17.5. The van der Waals surface area contributed by atoms with Crippen LogP contribution in [0.25, 0.3) is 10.9 Å². The van der Waals surface area contributed by atoms with Gasteiger partial charge in [0.2, 0.25) is 0 Å². The van der Waals surface area contributed by atoms with Gasteiger partial charge in [0.25, 0.3) is 5.56 Å². The molecular formula is C16H17BrClN3O3. The second-order valence-electron chi connectivity index (χ2n) is 5.97. The highest BCUT2D eigenvalue weighted by Gasteiger charge is 2.25. The van der Waals surface area contributed by atoms with Crippen LogP contribution in [0.3, 0.4) is 0 Å². The van der Waals surface area contributed by atoms with E-state index in [1.165, 1.54) is 10.9 Å². The molecule has 1 aliphatic rings. The minimum atomic E-state index is -0.523. The van der Waals surface area contributed by atoms with E-state index in [1.807, 2.05) is 0 Å². The molecule has 1 aromatic carbocycles. The molecule has 2 atom stereocenters. The average molecular weight is 418 g/mol. The van der Waals surface area contributed by atoms with Crippen molar-refractivity contribution in [1.29, 1.82) is 0 Å². The zero-order valence-corrected chi connectivity index (χ0v) is 15.2. The zero-order valence-electron chi connectivity index (χ0n) is 12.8. The van der Waals surface area contributed by atoms with Gasteiger partial charge in [-0.2, -0.15) is 0 Å². The maximum absolute atomic E-state index is 12.5. The summed E-state index contributed by atoms with van der Waals surface area (Å²) in [6, 6.07) is 2.97. The second-order valence-corrected chi connectivity index (χ2v) is 7.24. The Bertz CT molecular complexity index is 839. The predicted octanol–water partition coefficient (Wildman–Crippen LogP) is 1.88. The monoisotopic (exact) mass is 416 g/mol. The molecule has 0 bridgehead atoms. The topological polar surface area (TPSA) is 84.2 Å².